The van der Waals surface area contributed by atoms with Crippen LogP contribution >= 0.6 is 11.6 Å². The molecule has 4 aromatic heterocycles. The Kier molecular flexibility index (Phi) is 3.93. The number of pyridine rings is 2. The van der Waals surface area contributed by atoms with E-state index in [-0.39, 0.29) is 5.91 Å². The van der Waals surface area contributed by atoms with Gasteiger partial charge in [0.2, 0.25) is 0 Å². The third-order valence-corrected chi connectivity index (χ3v) is 4.57. The SMILES string of the molecule is Cc1n[nH]c(C(=O)Nc2cnc3[nH]c(-c4ccncc4Cl)cc3c2)c1C. The van der Waals surface area contributed by atoms with Crippen molar-refractivity contribution < 1.29 is 4.79 Å². The fraction of sp³-hybridized carbons (Fsp3) is 0.111. The summed E-state index contributed by atoms with van der Waals surface area (Å²) in [6.07, 6.45) is 4.88. The maximum Gasteiger partial charge on any atom is 0.273 e. The normalized spacial score (nSPS) is 11.0. The lowest BCUT2D eigenvalue weighted by Gasteiger charge is -2.04. The third-order valence-electron chi connectivity index (χ3n) is 4.27. The Morgan fingerprint density at radius 3 is 2.81 bits per heavy atom. The van der Waals surface area contributed by atoms with Gasteiger partial charge in [-0.3, -0.25) is 14.9 Å². The van der Waals surface area contributed by atoms with Crippen molar-refractivity contribution in [1.29, 1.82) is 0 Å². The monoisotopic (exact) mass is 366 g/mol. The minimum absolute atomic E-state index is 0.253. The molecule has 26 heavy (non-hydrogen) atoms. The first-order valence-electron chi connectivity index (χ1n) is 7.94. The summed E-state index contributed by atoms with van der Waals surface area (Å²) in [5.74, 6) is -0.253. The van der Waals surface area contributed by atoms with E-state index >= 15 is 0 Å². The van der Waals surface area contributed by atoms with Crippen molar-refractivity contribution in [3.05, 3.63) is 58.8 Å². The van der Waals surface area contributed by atoms with E-state index in [0.717, 1.165) is 27.9 Å². The lowest BCUT2D eigenvalue weighted by Crippen LogP contribution is -2.13. The highest BCUT2D eigenvalue weighted by Gasteiger charge is 2.15. The molecule has 3 N–H and O–H groups in total. The molecule has 1 amide bonds. The molecule has 8 heteroatoms. The molecule has 0 unspecified atom stereocenters. The molecule has 0 aliphatic heterocycles. The first kappa shape index (κ1) is 16.3. The van der Waals surface area contributed by atoms with Crippen molar-refractivity contribution >= 4 is 34.2 Å². The number of halogens is 1. The molecule has 0 spiro atoms. The van der Waals surface area contributed by atoms with Crippen LogP contribution in [0.5, 0.6) is 0 Å². The van der Waals surface area contributed by atoms with E-state index in [9.17, 15) is 4.79 Å². The highest BCUT2D eigenvalue weighted by Crippen LogP contribution is 2.29. The number of fused-ring (bicyclic) bond motifs is 1. The van der Waals surface area contributed by atoms with Crippen LogP contribution in [0.2, 0.25) is 5.02 Å². The van der Waals surface area contributed by atoms with Gasteiger partial charge in [0.15, 0.2) is 0 Å². The van der Waals surface area contributed by atoms with Crippen LogP contribution < -0.4 is 5.32 Å². The molecule has 7 nitrogen and oxygen atoms in total. The quantitative estimate of drug-likeness (QED) is 0.512. The molecule has 0 bridgehead atoms. The number of carbonyl (C=O) groups is 1. The Labute approximate surface area is 153 Å². The largest absolute Gasteiger partial charge is 0.339 e. The molecule has 4 heterocycles. The first-order valence-corrected chi connectivity index (χ1v) is 8.32. The first-order chi connectivity index (χ1) is 12.5. The number of anilines is 1. The Hall–Kier alpha value is -3.19. The fourth-order valence-corrected chi connectivity index (χ4v) is 2.95. The molecule has 0 atom stereocenters. The average Bonchev–Trinajstić information content (AvgIpc) is 3.19. The second kappa shape index (κ2) is 6.27. The maximum absolute atomic E-state index is 12.4. The molecule has 0 saturated heterocycles. The number of hydrogen-bond donors (Lipinski definition) is 3. The highest BCUT2D eigenvalue weighted by atomic mass is 35.5. The summed E-state index contributed by atoms with van der Waals surface area (Å²) in [6.45, 7) is 3.70. The lowest BCUT2D eigenvalue weighted by molar-refractivity contribution is 0.102. The zero-order valence-corrected chi connectivity index (χ0v) is 14.8. The minimum Gasteiger partial charge on any atom is -0.339 e. The number of H-pyrrole nitrogens is 2. The molecule has 4 rings (SSSR count). The van der Waals surface area contributed by atoms with Crippen LogP contribution in [0.15, 0.2) is 36.8 Å². The van der Waals surface area contributed by atoms with Crippen molar-refractivity contribution in [1.82, 2.24) is 25.1 Å². The van der Waals surface area contributed by atoms with Crippen LogP contribution in [0, 0.1) is 13.8 Å². The molecule has 0 aliphatic carbocycles. The van der Waals surface area contributed by atoms with Crippen LogP contribution in [0.3, 0.4) is 0 Å². The number of aromatic nitrogens is 5. The van der Waals surface area contributed by atoms with E-state index in [2.05, 4.69) is 30.5 Å². The summed E-state index contributed by atoms with van der Waals surface area (Å²) < 4.78 is 0. The summed E-state index contributed by atoms with van der Waals surface area (Å²) in [5, 5.41) is 11.1. The number of aromatic amines is 2. The molecule has 0 aromatic carbocycles. The van der Waals surface area contributed by atoms with Crippen molar-refractivity contribution in [2.75, 3.05) is 5.32 Å². The van der Waals surface area contributed by atoms with Crippen molar-refractivity contribution in [3.8, 4) is 11.3 Å². The van der Waals surface area contributed by atoms with Crippen molar-refractivity contribution in [3.63, 3.8) is 0 Å². The summed E-state index contributed by atoms with van der Waals surface area (Å²) in [7, 11) is 0. The predicted octanol–water partition coefficient (Wildman–Crippen LogP) is 3.87. The number of hydrogen-bond acceptors (Lipinski definition) is 4. The van der Waals surface area contributed by atoms with Crippen LogP contribution in [-0.4, -0.2) is 31.1 Å². The van der Waals surface area contributed by atoms with Crippen molar-refractivity contribution in [2.24, 2.45) is 0 Å². The van der Waals surface area contributed by atoms with E-state index in [1.807, 2.05) is 32.0 Å². The molecule has 0 radical (unpaired) electrons. The van der Waals surface area contributed by atoms with E-state index in [4.69, 9.17) is 11.6 Å². The van der Waals surface area contributed by atoms with E-state index in [1.54, 1.807) is 18.6 Å². The summed E-state index contributed by atoms with van der Waals surface area (Å²) >= 11 is 6.20. The van der Waals surface area contributed by atoms with Gasteiger partial charge in [-0.2, -0.15) is 5.10 Å². The molecule has 4 aromatic rings. The molecule has 130 valence electrons. The third kappa shape index (κ3) is 2.82. The smallest absolute Gasteiger partial charge is 0.273 e. The molecule has 0 saturated carbocycles. The number of aryl methyl sites for hydroxylation is 1. The second-order valence-corrected chi connectivity index (χ2v) is 6.37. The molecule has 0 aliphatic rings. The summed E-state index contributed by atoms with van der Waals surface area (Å²) in [5.41, 5.74) is 5.05. The van der Waals surface area contributed by atoms with Gasteiger partial charge < -0.3 is 10.3 Å². The highest BCUT2D eigenvalue weighted by molar-refractivity contribution is 6.33. The van der Waals surface area contributed by atoms with E-state index < -0.39 is 0 Å². The van der Waals surface area contributed by atoms with Gasteiger partial charge in [-0.15, -0.1) is 0 Å². The van der Waals surface area contributed by atoms with Crippen molar-refractivity contribution in [2.45, 2.75) is 13.8 Å². The van der Waals surface area contributed by atoms with Crippen LogP contribution in [0.4, 0.5) is 5.69 Å². The second-order valence-electron chi connectivity index (χ2n) is 5.96. The molecular formula is C18H15ClN6O. The molecule has 0 fully saturated rings. The van der Waals surface area contributed by atoms with Gasteiger partial charge in [-0.1, -0.05) is 11.6 Å². The summed E-state index contributed by atoms with van der Waals surface area (Å²) in [6, 6.07) is 5.62. The Bertz CT molecular complexity index is 1130. The van der Waals surface area contributed by atoms with Gasteiger partial charge in [0.05, 0.1) is 22.6 Å². The average molecular weight is 367 g/mol. The van der Waals surface area contributed by atoms with Gasteiger partial charge in [0, 0.05) is 34.6 Å². The van der Waals surface area contributed by atoms with Gasteiger partial charge in [0.1, 0.15) is 11.3 Å². The van der Waals surface area contributed by atoms with Gasteiger partial charge >= 0.3 is 0 Å². The fourth-order valence-electron chi connectivity index (χ4n) is 2.73. The predicted molar refractivity (Wildman–Crippen MR) is 100 cm³/mol. The zero-order valence-electron chi connectivity index (χ0n) is 14.1. The Balaban J connectivity index is 1.65. The molecular weight excluding hydrogens is 352 g/mol. The Morgan fingerprint density at radius 2 is 2.08 bits per heavy atom. The Morgan fingerprint density at radius 1 is 1.23 bits per heavy atom. The standard InChI is InChI=1S/C18H15ClN6O/c1-9-10(2)24-25-16(9)18(26)22-12-5-11-6-15(23-17(11)21-7-12)13-3-4-20-8-14(13)19/h3-8H,1-2H3,(H,21,23)(H,22,26)(H,24,25). The van der Waals surface area contributed by atoms with E-state index in [0.29, 0.717) is 22.1 Å². The number of nitrogens with one attached hydrogen (secondary N) is 3. The van der Waals surface area contributed by atoms with Gasteiger partial charge in [-0.05, 0) is 32.0 Å². The van der Waals surface area contributed by atoms with Crippen LogP contribution in [0.25, 0.3) is 22.3 Å². The van der Waals surface area contributed by atoms with Crippen LogP contribution in [0.1, 0.15) is 21.7 Å². The number of rotatable bonds is 3. The minimum atomic E-state index is -0.253. The van der Waals surface area contributed by atoms with Crippen LogP contribution in [-0.2, 0) is 0 Å². The summed E-state index contributed by atoms with van der Waals surface area (Å²) in [4.78, 5) is 24.0. The zero-order chi connectivity index (χ0) is 18.3. The maximum atomic E-state index is 12.4. The van der Waals surface area contributed by atoms with E-state index in [1.165, 1.54) is 0 Å². The lowest BCUT2D eigenvalue weighted by atomic mass is 10.2. The van der Waals surface area contributed by atoms with Gasteiger partial charge in [0.25, 0.3) is 5.91 Å². The number of nitrogens with zero attached hydrogens (tertiary/aromatic N) is 3. The van der Waals surface area contributed by atoms with Gasteiger partial charge in [-0.25, -0.2) is 4.98 Å². The topological polar surface area (TPSA) is 99.4 Å². The number of amides is 1. The number of carbonyl (C=O) groups excluding carboxylic acids is 1.